The molecule has 0 amide bonds. The van der Waals surface area contributed by atoms with E-state index in [0.29, 0.717) is 11.2 Å². The van der Waals surface area contributed by atoms with Gasteiger partial charge in [-0.3, -0.25) is 0 Å². The van der Waals surface area contributed by atoms with Gasteiger partial charge in [0, 0.05) is 5.25 Å². The summed E-state index contributed by atoms with van der Waals surface area (Å²) in [6, 6.07) is 0. The van der Waals surface area contributed by atoms with Gasteiger partial charge in [-0.1, -0.05) is 89.9 Å². The van der Waals surface area contributed by atoms with Crippen LogP contribution in [0.3, 0.4) is 0 Å². The first-order valence-corrected chi connectivity index (χ1v) is 12.8. The minimum absolute atomic E-state index is 0.315. The maximum absolute atomic E-state index is 9.49. The Kier molecular flexibility index (Phi) is 14.0. The van der Waals surface area contributed by atoms with Crippen LogP contribution >= 0.6 is 17.1 Å². The lowest BCUT2D eigenvalue weighted by Gasteiger charge is -2.20. The van der Waals surface area contributed by atoms with E-state index in [4.69, 9.17) is 11.8 Å². The number of unbranched alkanes of at least 4 members (excludes halogenated alkanes) is 8. The Hall–Kier alpha value is 0.920. The van der Waals surface area contributed by atoms with Crippen molar-refractivity contribution < 1.29 is 9.79 Å². The monoisotopic (exact) mass is 354 g/mol. The molecule has 0 spiro atoms. The van der Waals surface area contributed by atoms with E-state index in [2.05, 4.69) is 20.8 Å². The van der Waals surface area contributed by atoms with Gasteiger partial charge < -0.3 is 9.79 Å². The van der Waals surface area contributed by atoms with E-state index in [0.717, 1.165) is 12.8 Å². The number of hydrogen-bond acceptors (Lipinski definition) is 2. The van der Waals surface area contributed by atoms with Crippen LogP contribution in [0.2, 0.25) is 0 Å². The molecule has 0 bridgehead atoms. The average molecular weight is 355 g/mol. The van der Waals surface area contributed by atoms with Crippen LogP contribution in [0, 0.1) is 5.92 Å². The number of rotatable bonds is 14. The summed E-state index contributed by atoms with van der Waals surface area (Å²) in [6.45, 7) is 6.62. The smallest absolute Gasteiger partial charge is 0.242 e. The molecule has 0 aliphatic carbocycles. The van der Waals surface area contributed by atoms with Gasteiger partial charge >= 0.3 is 0 Å². The first-order valence-electron chi connectivity index (χ1n) is 8.59. The highest BCUT2D eigenvalue weighted by molar-refractivity contribution is 8.67. The largest absolute Gasteiger partial charge is 0.338 e. The van der Waals surface area contributed by atoms with Crippen LogP contribution in [0.4, 0.5) is 0 Å². The molecule has 1 atom stereocenters. The van der Waals surface area contributed by atoms with Crippen LogP contribution in [-0.2, 0) is 11.8 Å². The van der Waals surface area contributed by atoms with Crippen molar-refractivity contribution in [3.05, 3.63) is 0 Å². The van der Waals surface area contributed by atoms with Crippen LogP contribution in [-0.4, -0.2) is 15.0 Å². The third-order valence-electron chi connectivity index (χ3n) is 3.65. The molecule has 0 rings (SSSR count). The van der Waals surface area contributed by atoms with E-state index >= 15 is 0 Å². The zero-order valence-corrected chi connectivity index (χ0v) is 16.6. The maximum Gasteiger partial charge on any atom is 0.242 e. The fourth-order valence-corrected chi connectivity index (χ4v) is 6.58. The predicted octanol–water partition coefficient (Wildman–Crippen LogP) is 6.26. The second-order valence-corrected chi connectivity index (χ2v) is 12.7. The quantitative estimate of drug-likeness (QED) is 0.285. The van der Waals surface area contributed by atoms with Crippen LogP contribution in [0.5, 0.6) is 0 Å². The molecule has 0 fully saturated rings. The Balaban J connectivity index is 3.66. The molecule has 128 valence electrons. The summed E-state index contributed by atoms with van der Waals surface area (Å²) in [7, 11) is 0. The molecule has 0 saturated heterocycles. The standard InChI is InChI=1S/C16H35O2PS2/c1-4-5-6-7-8-9-10-11-12-13-16(14-15(2)3)21-19(17,18)20/h15-16H,4-14H2,1-3H3,(H2,17,18,20). The lowest BCUT2D eigenvalue weighted by Crippen LogP contribution is -2.06. The second kappa shape index (κ2) is 13.4. The van der Waals surface area contributed by atoms with Crippen LogP contribution < -0.4 is 0 Å². The molecular formula is C16H35O2PS2. The van der Waals surface area contributed by atoms with Gasteiger partial charge in [-0.25, -0.2) is 0 Å². The Morgan fingerprint density at radius 2 is 1.38 bits per heavy atom. The molecule has 0 aliphatic heterocycles. The van der Waals surface area contributed by atoms with Crippen LogP contribution in [0.15, 0.2) is 0 Å². The zero-order valence-electron chi connectivity index (χ0n) is 14.1. The van der Waals surface area contributed by atoms with E-state index in [1.807, 2.05) is 0 Å². The fraction of sp³-hybridized carbons (Fsp3) is 1.00. The molecule has 0 aromatic heterocycles. The second-order valence-electron chi connectivity index (χ2n) is 6.46. The lowest BCUT2D eigenvalue weighted by atomic mass is 10.0. The molecule has 0 saturated carbocycles. The average Bonchev–Trinajstić information content (AvgIpc) is 2.34. The SMILES string of the molecule is CCCCCCCCCCCC(CC(C)C)SP(O)(O)=S. The van der Waals surface area contributed by atoms with Crippen molar-refractivity contribution in [2.75, 3.05) is 0 Å². The summed E-state index contributed by atoms with van der Waals surface area (Å²) in [4.78, 5) is 19.0. The summed E-state index contributed by atoms with van der Waals surface area (Å²) in [5.74, 6) is 0.586. The highest BCUT2D eigenvalue weighted by Crippen LogP contribution is 2.55. The minimum Gasteiger partial charge on any atom is -0.338 e. The fourth-order valence-electron chi connectivity index (χ4n) is 2.62. The van der Waals surface area contributed by atoms with Crippen molar-refractivity contribution in [2.45, 2.75) is 96.7 Å². The summed E-state index contributed by atoms with van der Waals surface area (Å²) in [5, 5.41) is 0.315. The normalized spacial score (nSPS) is 13.8. The van der Waals surface area contributed by atoms with Gasteiger partial charge in [-0.05, 0) is 30.6 Å². The first-order chi connectivity index (χ1) is 9.85. The Morgan fingerprint density at radius 1 is 0.905 bits per heavy atom. The van der Waals surface area contributed by atoms with Crippen molar-refractivity contribution in [3.63, 3.8) is 0 Å². The molecule has 0 aliphatic rings. The van der Waals surface area contributed by atoms with Gasteiger partial charge in [-0.15, -0.1) is 0 Å². The van der Waals surface area contributed by atoms with Crippen molar-refractivity contribution >= 4 is 28.9 Å². The maximum atomic E-state index is 9.49. The summed E-state index contributed by atoms with van der Waals surface area (Å²) in [6.07, 6.45) is 14.1. The van der Waals surface area contributed by atoms with Gasteiger partial charge in [0.15, 0.2) is 0 Å². The topological polar surface area (TPSA) is 40.5 Å². The molecule has 0 radical (unpaired) electrons. The van der Waals surface area contributed by atoms with Crippen LogP contribution in [0.1, 0.15) is 91.4 Å². The van der Waals surface area contributed by atoms with Gasteiger partial charge in [0.2, 0.25) is 5.69 Å². The molecule has 0 heterocycles. The van der Waals surface area contributed by atoms with E-state index in [-0.39, 0.29) is 0 Å². The molecule has 5 heteroatoms. The van der Waals surface area contributed by atoms with Gasteiger partial charge in [0.25, 0.3) is 0 Å². The highest BCUT2D eigenvalue weighted by Gasteiger charge is 2.19. The van der Waals surface area contributed by atoms with Gasteiger partial charge in [0.05, 0.1) is 0 Å². The van der Waals surface area contributed by atoms with E-state index < -0.39 is 5.69 Å². The van der Waals surface area contributed by atoms with E-state index in [1.165, 1.54) is 69.2 Å². The molecule has 2 nitrogen and oxygen atoms in total. The summed E-state index contributed by atoms with van der Waals surface area (Å²) in [5.41, 5.74) is -3.11. The Bertz CT molecular complexity index is 279. The molecule has 21 heavy (non-hydrogen) atoms. The van der Waals surface area contributed by atoms with Crippen molar-refractivity contribution in [1.29, 1.82) is 0 Å². The third kappa shape index (κ3) is 17.1. The molecule has 1 unspecified atom stereocenters. The Morgan fingerprint density at radius 3 is 1.81 bits per heavy atom. The first kappa shape index (κ1) is 21.9. The van der Waals surface area contributed by atoms with E-state index in [9.17, 15) is 9.79 Å². The third-order valence-corrected chi connectivity index (χ3v) is 7.14. The van der Waals surface area contributed by atoms with E-state index in [1.54, 1.807) is 0 Å². The molecule has 2 N–H and O–H groups in total. The highest BCUT2D eigenvalue weighted by atomic mass is 32.9. The predicted molar refractivity (Wildman–Crippen MR) is 101 cm³/mol. The van der Waals surface area contributed by atoms with Gasteiger partial charge in [0.1, 0.15) is 0 Å². The van der Waals surface area contributed by atoms with Crippen molar-refractivity contribution in [3.8, 4) is 0 Å². The van der Waals surface area contributed by atoms with Crippen molar-refractivity contribution in [2.24, 2.45) is 5.92 Å². The molecular weight excluding hydrogens is 319 g/mol. The van der Waals surface area contributed by atoms with Gasteiger partial charge in [-0.2, -0.15) is 0 Å². The zero-order chi connectivity index (χ0) is 16.1. The minimum atomic E-state index is -3.11. The number of hydrogen-bond donors (Lipinski definition) is 2. The molecule has 0 aromatic carbocycles. The molecule has 0 aromatic rings. The van der Waals surface area contributed by atoms with Crippen LogP contribution in [0.25, 0.3) is 0 Å². The Labute approximate surface area is 141 Å². The lowest BCUT2D eigenvalue weighted by molar-refractivity contribution is 0.496. The summed E-state index contributed by atoms with van der Waals surface area (Å²) >= 11 is 6.01. The summed E-state index contributed by atoms with van der Waals surface area (Å²) < 4.78 is 0. The van der Waals surface area contributed by atoms with Crippen molar-refractivity contribution in [1.82, 2.24) is 0 Å².